The van der Waals surface area contributed by atoms with Crippen LogP contribution in [-0.2, 0) is 16.1 Å². The lowest BCUT2D eigenvalue weighted by Crippen LogP contribution is -2.34. The maximum absolute atomic E-state index is 13.4. The fourth-order valence-electron chi connectivity index (χ4n) is 2.36. The van der Waals surface area contributed by atoms with Crippen LogP contribution in [0, 0.1) is 25.5 Å². The molecule has 0 aliphatic carbocycles. The number of carbonyl (C=O) groups is 2. The van der Waals surface area contributed by atoms with Crippen molar-refractivity contribution >= 4 is 23.6 Å². The molecule has 2 aromatic rings. The molecular weight excluding hydrogens is 376 g/mol. The van der Waals surface area contributed by atoms with Gasteiger partial charge in [0.25, 0.3) is 0 Å². The average Bonchev–Trinajstić information content (AvgIpc) is 2.58. The Morgan fingerprint density at radius 3 is 2.37 bits per heavy atom. The number of hydrogen-bond donors (Lipinski definition) is 1. The summed E-state index contributed by atoms with van der Waals surface area (Å²) in [6, 6.07) is 5.15. The van der Waals surface area contributed by atoms with Crippen molar-refractivity contribution in [3.05, 3.63) is 52.9 Å². The number of carboxylic acid groups (broad SMARTS) is 1. The summed E-state index contributed by atoms with van der Waals surface area (Å²) in [6.07, 6.45) is -0.250. The summed E-state index contributed by atoms with van der Waals surface area (Å²) in [4.78, 5) is 33.2. The van der Waals surface area contributed by atoms with Gasteiger partial charge in [0.1, 0.15) is 0 Å². The van der Waals surface area contributed by atoms with E-state index in [-0.39, 0.29) is 31.2 Å². The van der Waals surface area contributed by atoms with Crippen LogP contribution < -0.4 is 0 Å². The van der Waals surface area contributed by atoms with Crippen LogP contribution in [-0.4, -0.2) is 44.1 Å². The van der Waals surface area contributed by atoms with Crippen molar-refractivity contribution in [2.24, 2.45) is 0 Å². The Morgan fingerprint density at radius 1 is 1.11 bits per heavy atom. The van der Waals surface area contributed by atoms with E-state index in [9.17, 15) is 18.4 Å². The molecule has 27 heavy (non-hydrogen) atoms. The number of carboxylic acids is 1. The van der Waals surface area contributed by atoms with Crippen LogP contribution in [0.2, 0.25) is 0 Å². The van der Waals surface area contributed by atoms with Gasteiger partial charge in [0.05, 0.1) is 12.2 Å². The number of aromatic nitrogens is 2. The van der Waals surface area contributed by atoms with Gasteiger partial charge in [0.15, 0.2) is 16.8 Å². The standard InChI is InChI=1S/C18H19F2N3O3S/c1-11-7-12(2)22-18(21-11)27-10-16(24)23(6-5-17(25)26)9-13-3-4-14(19)15(20)8-13/h3-4,7-8H,5-6,9-10H2,1-2H3,(H,25,26). The minimum absolute atomic E-state index is 0.00614. The van der Waals surface area contributed by atoms with Gasteiger partial charge in [-0.25, -0.2) is 18.7 Å². The molecule has 1 aromatic heterocycles. The van der Waals surface area contributed by atoms with Crippen molar-refractivity contribution in [3.8, 4) is 0 Å². The predicted molar refractivity (Wildman–Crippen MR) is 96.3 cm³/mol. The molecule has 9 heteroatoms. The highest BCUT2D eigenvalue weighted by Gasteiger charge is 2.17. The summed E-state index contributed by atoms with van der Waals surface area (Å²) < 4.78 is 26.5. The minimum atomic E-state index is -1.05. The maximum Gasteiger partial charge on any atom is 0.305 e. The fourth-order valence-corrected chi connectivity index (χ4v) is 3.21. The molecule has 0 fully saturated rings. The fraction of sp³-hybridized carbons (Fsp3) is 0.333. The van der Waals surface area contributed by atoms with E-state index in [4.69, 9.17) is 5.11 Å². The van der Waals surface area contributed by atoms with Crippen LogP contribution in [0.3, 0.4) is 0 Å². The van der Waals surface area contributed by atoms with Gasteiger partial charge in [-0.15, -0.1) is 0 Å². The molecule has 0 radical (unpaired) electrons. The molecule has 1 N–H and O–H groups in total. The van der Waals surface area contributed by atoms with Gasteiger partial charge in [0, 0.05) is 24.5 Å². The molecule has 0 atom stereocenters. The number of halogens is 2. The van der Waals surface area contributed by atoms with E-state index < -0.39 is 17.6 Å². The van der Waals surface area contributed by atoms with Gasteiger partial charge < -0.3 is 10.0 Å². The zero-order chi connectivity index (χ0) is 20.0. The first-order valence-corrected chi connectivity index (χ1v) is 9.11. The monoisotopic (exact) mass is 395 g/mol. The van der Waals surface area contributed by atoms with Gasteiger partial charge in [-0.3, -0.25) is 9.59 Å². The Kier molecular flexibility index (Phi) is 7.23. The molecular formula is C18H19F2N3O3S. The number of hydrogen-bond acceptors (Lipinski definition) is 5. The molecule has 0 bridgehead atoms. The molecule has 0 saturated carbocycles. The first kappa shape index (κ1) is 20.8. The SMILES string of the molecule is Cc1cc(C)nc(SCC(=O)N(CCC(=O)O)Cc2ccc(F)c(F)c2)n1. The lowest BCUT2D eigenvalue weighted by Gasteiger charge is -2.22. The Bertz CT molecular complexity index is 828. The average molecular weight is 395 g/mol. The van der Waals surface area contributed by atoms with Crippen molar-refractivity contribution in [1.82, 2.24) is 14.9 Å². The zero-order valence-corrected chi connectivity index (χ0v) is 15.7. The van der Waals surface area contributed by atoms with Crippen LogP contribution in [0.4, 0.5) is 8.78 Å². The van der Waals surface area contributed by atoms with E-state index in [1.54, 1.807) is 0 Å². The van der Waals surface area contributed by atoms with Crippen molar-refractivity contribution < 1.29 is 23.5 Å². The van der Waals surface area contributed by atoms with E-state index in [1.807, 2.05) is 19.9 Å². The number of aryl methyl sites for hydroxylation is 2. The zero-order valence-electron chi connectivity index (χ0n) is 14.9. The Hall–Kier alpha value is -2.55. The summed E-state index contributed by atoms with van der Waals surface area (Å²) >= 11 is 1.14. The number of rotatable bonds is 8. The molecule has 0 spiro atoms. The normalized spacial score (nSPS) is 10.7. The Labute approximate surface area is 159 Å². The van der Waals surface area contributed by atoms with Crippen LogP contribution in [0.1, 0.15) is 23.4 Å². The van der Waals surface area contributed by atoms with Crippen LogP contribution in [0.15, 0.2) is 29.4 Å². The van der Waals surface area contributed by atoms with E-state index >= 15 is 0 Å². The first-order valence-electron chi connectivity index (χ1n) is 8.13. The van der Waals surface area contributed by atoms with Gasteiger partial charge >= 0.3 is 5.97 Å². The molecule has 1 aromatic carbocycles. The molecule has 1 heterocycles. The first-order chi connectivity index (χ1) is 12.7. The third-order valence-corrected chi connectivity index (χ3v) is 4.42. The number of amides is 1. The van der Waals surface area contributed by atoms with Crippen LogP contribution in [0.25, 0.3) is 0 Å². The van der Waals surface area contributed by atoms with Crippen molar-refractivity contribution in [1.29, 1.82) is 0 Å². The number of aliphatic carboxylic acids is 1. The number of nitrogens with zero attached hydrogens (tertiary/aromatic N) is 3. The molecule has 0 saturated heterocycles. The van der Waals surface area contributed by atoms with Gasteiger partial charge in [0.2, 0.25) is 5.91 Å². The Morgan fingerprint density at radius 2 is 1.78 bits per heavy atom. The predicted octanol–water partition coefficient (Wildman–Crippen LogP) is 2.97. The third-order valence-electron chi connectivity index (χ3n) is 3.59. The number of benzene rings is 1. The third kappa shape index (κ3) is 6.59. The highest BCUT2D eigenvalue weighted by atomic mass is 32.2. The van der Waals surface area contributed by atoms with Crippen molar-refractivity contribution in [2.45, 2.75) is 32.0 Å². The molecule has 2 rings (SSSR count). The van der Waals surface area contributed by atoms with Crippen molar-refractivity contribution in [2.75, 3.05) is 12.3 Å². The summed E-state index contributed by atoms with van der Waals surface area (Å²) in [6.45, 7) is 3.59. The largest absolute Gasteiger partial charge is 0.481 e. The number of carbonyl (C=O) groups excluding carboxylic acids is 1. The topological polar surface area (TPSA) is 83.4 Å². The lowest BCUT2D eigenvalue weighted by molar-refractivity contribution is -0.138. The Balaban J connectivity index is 2.07. The van der Waals surface area contributed by atoms with E-state index in [2.05, 4.69) is 9.97 Å². The smallest absolute Gasteiger partial charge is 0.305 e. The molecule has 0 aliphatic heterocycles. The summed E-state index contributed by atoms with van der Waals surface area (Å²) in [5, 5.41) is 9.34. The number of thioether (sulfide) groups is 1. The molecule has 144 valence electrons. The molecule has 6 nitrogen and oxygen atoms in total. The lowest BCUT2D eigenvalue weighted by atomic mass is 10.2. The highest BCUT2D eigenvalue weighted by molar-refractivity contribution is 7.99. The second-order valence-electron chi connectivity index (χ2n) is 5.93. The molecule has 1 amide bonds. The second-order valence-corrected chi connectivity index (χ2v) is 6.87. The summed E-state index contributed by atoms with van der Waals surface area (Å²) in [5.41, 5.74) is 1.93. The molecule has 0 unspecified atom stereocenters. The van der Waals surface area contributed by atoms with E-state index in [0.717, 1.165) is 35.3 Å². The maximum atomic E-state index is 13.4. The van der Waals surface area contributed by atoms with Crippen LogP contribution in [0.5, 0.6) is 0 Å². The van der Waals surface area contributed by atoms with Gasteiger partial charge in [-0.05, 0) is 37.6 Å². The minimum Gasteiger partial charge on any atom is -0.481 e. The van der Waals surface area contributed by atoms with Crippen molar-refractivity contribution in [3.63, 3.8) is 0 Å². The van der Waals surface area contributed by atoms with E-state index in [1.165, 1.54) is 11.0 Å². The van der Waals surface area contributed by atoms with Gasteiger partial charge in [-0.2, -0.15) is 0 Å². The molecule has 0 aliphatic rings. The summed E-state index contributed by atoms with van der Waals surface area (Å²) in [5.74, 6) is -3.38. The second kappa shape index (κ2) is 9.40. The highest BCUT2D eigenvalue weighted by Crippen LogP contribution is 2.17. The van der Waals surface area contributed by atoms with Crippen LogP contribution >= 0.6 is 11.8 Å². The van der Waals surface area contributed by atoms with Gasteiger partial charge in [-0.1, -0.05) is 17.8 Å². The van der Waals surface area contributed by atoms with E-state index in [0.29, 0.717) is 10.7 Å². The quantitative estimate of drug-likeness (QED) is 0.547. The summed E-state index contributed by atoms with van der Waals surface area (Å²) in [7, 11) is 0.